The number of hydrogen-bond donors (Lipinski definition) is 2. The molecule has 0 aliphatic rings. The molecule has 2 rings (SSSR count). The zero-order valence-electron chi connectivity index (χ0n) is 11.8. The van der Waals surface area contributed by atoms with Crippen molar-refractivity contribution in [1.29, 1.82) is 0 Å². The summed E-state index contributed by atoms with van der Waals surface area (Å²) >= 11 is 20.6. The van der Waals surface area contributed by atoms with Gasteiger partial charge in [-0.05, 0) is 30.3 Å². The highest BCUT2D eigenvalue weighted by Crippen LogP contribution is 2.30. The number of ether oxygens (including phenoxy) is 1. The van der Waals surface area contributed by atoms with Gasteiger partial charge in [0.1, 0.15) is 5.02 Å². The van der Waals surface area contributed by atoms with Crippen molar-refractivity contribution in [2.75, 3.05) is 6.61 Å². The van der Waals surface area contributed by atoms with Crippen molar-refractivity contribution in [1.82, 2.24) is 15.8 Å². The smallest absolute Gasteiger partial charge is 0.276 e. The van der Waals surface area contributed by atoms with Crippen LogP contribution in [0.1, 0.15) is 10.4 Å². The van der Waals surface area contributed by atoms with Crippen LogP contribution in [0.15, 0.2) is 34.8 Å². The van der Waals surface area contributed by atoms with Crippen molar-refractivity contribution in [3.05, 3.63) is 55.6 Å². The number of benzene rings is 1. The summed E-state index contributed by atoms with van der Waals surface area (Å²) in [6, 6.07) is 7.96. The van der Waals surface area contributed by atoms with E-state index in [0.717, 1.165) is 4.47 Å². The summed E-state index contributed by atoms with van der Waals surface area (Å²) in [6.45, 7) is -0.425. The highest BCUT2D eigenvalue weighted by Gasteiger charge is 2.12. The van der Waals surface area contributed by atoms with Crippen LogP contribution in [0.3, 0.4) is 0 Å². The zero-order chi connectivity index (χ0) is 17.7. The van der Waals surface area contributed by atoms with E-state index in [1.165, 1.54) is 6.07 Å². The van der Waals surface area contributed by atoms with E-state index in [9.17, 15) is 9.59 Å². The summed E-state index contributed by atoms with van der Waals surface area (Å²) < 4.78 is 5.97. The molecule has 0 radical (unpaired) electrons. The standard InChI is InChI=1S/C14H9BrCl3N3O3/c15-8-3-1-7(2-4-8)13(23)21-20-11(22)6-24-14-10(17)5-9(16)12(18)19-14/h1-5H,6H2,(H,20,22)(H,21,23). The maximum atomic E-state index is 11.8. The van der Waals surface area contributed by atoms with Crippen molar-refractivity contribution in [3.8, 4) is 5.88 Å². The molecule has 0 aliphatic carbocycles. The molecule has 0 saturated carbocycles. The molecule has 0 fully saturated rings. The van der Waals surface area contributed by atoms with Gasteiger partial charge in [0.25, 0.3) is 11.8 Å². The van der Waals surface area contributed by atoms with Crippen LogP contribution in [0.5, 0.6) is 5.88 Å². The molecular weight excluding hydrogens is 444 g/mol. The Kier molecular flexibility index (Phi) is 6.68. The van der Waals surface area contributed by atoms with E-state index in [1.807, 2.05) is 0 Å². The van der Waals surface area contributed by atoms with Crippen molar-refractivity contribution < 1.29 is 14.3 Å². The van der Waals surface area contributed by atoms with E-state index in [-0.39, 0.29) is 21.1 Å². The summed E-state index contributed by atoms with van der Waals surface area (Å²) in [5.41, 5.74) is 4.84. The second-order valence-electron chi connectivity index (χ2n) is 4.35. The summed E-state index contributed by atoms with van der Waals surface area (Å²) in [4.78, 5) is 27.3. The third kappa shape index (κ3) is 5.24. The largest absolute Gasteiger partial charge is 0.466 e. The lowest BCUT2D eigenvalue weighted by atomic mass is 10.2. The molecule has 2 aromatic rings. The fraction of sp³-hybridized carbons (Fsp3) is 0.0714. The van der Waals surface area contributed by atoms with Gasteiger partial charge in [-0.1, -0.05) is 50.7 Å². The Morgan fingerprint density at radius 3 is 2.42 bits per heavy atom. The molecule has 0 aliphatic heterocycles. The molecule has 0 spiro atoms. The third-order valence-electron chi connectivity index (χ3n) is 2.62. The highest BCUT2D eigenvalue weighted by atomic mass is 79.9. The van der Waals surface area contributed by atoms with Crippen LogP contribution < -0.4 is 15.6 Å². The van der Waals surface area contributed by atoms with Gasteiger partial charge in [0.15, 0.2) is 11.8 Å². The first kappa shape index (κ1) is 18.8. The molecular formula is C14H9BrCl3N3O3. The Labute approximate surface area is 160 Å². The lowest BCUT2D eigenvalue weighted by Crippen LogP contribution is -2.43. The number of carbonyl (C=O) groups is 2. The first-order chi connectivity index (χ1) is 11.4. The number of aromatic nitrogens is 1. The third-order valence-corrected chi connectivity index (χ3v) is 4.09. The molecule has 6 nitrogen and oxygen atoms in total. The molecule has 0 atom stereocenters. The Morgan fingerprint density at radius 1 is 1.08 bits per heavy atom. The van der Waals surface area contributed by atoms with Crippen LogP contribution in [0.2, 0.25) is 15.2 Å². The number of nitrogens with one attached hydrogen (secondary N) is 2. The molecule has 2 amide bonds. The average molecular weight is 454 g/mol. The fourth-order valence-corrected chi connectivity index (χ4v) is 2.31. The second-order valence-corrected chi connectivity index (χ2v) is 6.43. The van der Waals surface area contributed by atoms with Gasteiger partial charge in [-0.25, -0.2) is 0 Å². The number of pyridine rings is 1. The van der Waals surface area contributed by atoms with Crippen LogP contribution in [-0.4, -0.2) is 23.4 Å². The van der Waals surface area contributed by atoms with Gasteiger partial charge in [0.2, 0.25) is 5.88 Å². The molecule has 0 bridgehead atoms. The van der Waals surface area contributed by atoms with E-state index < -0.39 is 18.4 Å². The first-order valence-corrected chi connectivity index (χ1v) is 8.28. The van der Waals surface area contributed by atoms with Crippen LogP contribution in [0, 0.1) is 0 Å². The first-order valence-electron chi connectivity index (χ1n) is 6.36. The number of amides is 2. The number of rotatable bonds is 4. The zero-order valence-corrected chi connectivity index (χ0v) is 15.6. The SMILES string of the molecule is O=C(COc1nc(Cl)c(Cl)cc1Cl)NNC(=O)c1ccc(Br)cc1. The van der Waals surface area contributed by atoms with E-state index in [2.05, 4.69) is 31.8 Å². The monoisotopic (exact) mass is 451 g/mol. The molecule has 1 aromatic heterocycles. The molecule has 126 valence electrons. The van der Waals surface area contributed by atoms with Gasteiger partial charge in [-0.15, -0.1) is 0 Å². The predicted molar refractivity (Wildman–Crippen MR) is 94.5 cm³/mol. The molecule has 2 N–H and O–H groups in total. The molecule has 10 heteroatoms. The predicted octanol–water partition coefficient (Wildman–Crippen LogP) is 3.64. The normalized spacial score (nSPS) is 10.2. The minimum Gasteiger partial charge on any atom is -0.466 e. The van der Waals surface area contributed by atoms with Crippen molar-refractivity contribution in [2.24, 2.45) is 0 Å². The Bertz CT molecular complexity index is 772. The number of hydrogen-bond acceptors (Lipinski definition) is 4. The maximum absolute atomic E-state index is 11.8. The van der Waals surface area contributed by atoms with Gasteiger partial charge >= 0.3 is 0 Å². The van der Waals surface area contributed by atoms with Crippen molar-refractivity contribution in [3.63, 3.8) is 0 Å². The van der Waals surface area contributed by atoms with Gasteiger partial charge in [0, 0.05) is 10.0 Å². The van der Waals surface area contributed by atoms with E-state index in [1.54, 1.807) is 24.3 Å². The van der Waals surface area contributed by atoms with E-state index in [0.29, 0.717) is 5.56 Å². The van der Waals surface area contributed by atoms with Gasteiger partial charge in [0.05, 0.1) is 5.02 Å². The van der Waals surface area contributed by atoms with Crippen LogP contribution >= 0.6 is 50.7 Å². The van der Waals surface area contributed by atoms with Gasteiger partial charge in [-0.3, -0.25) is 20.4 Å². The number of nitrogens with zero attached hydrogens (tertiary/aromatic N) is 1. The topological polar surface area (TPSA) is 80.3 Å². The minimum atomic E-state index is -0.607. The minimum absolute atomic E-state index is 0.0000148. The quantitative estimate of drug-likeness (QED) is 0.547. The average Bonchev–Trinajstić information content (AvgIpc) is 2.55. The Morgan fingerprint density at radius 2 is 1.75 bits per heavy atom. The maximum Gasteiger partial charge on any atom is 0.276 e. The molecule has 1 aromatic carbocycles. The lowest BCUT2D eigenvalue weighted by molar-refractivity contribution is -0.123. The Balaban J connectivity index is 1.84. The highest BCUT2D eigenvalue weighted by molar-refractivity contribution is 9.10. The second kappa shape index (κ2) is 8.53. The lowest BCUT2D eigenvalue weighted by Gasteiger charge is -2.09. The van der Waals surface area contributed by atoms with Gasteiger partial charge in [-0.2, -0.15) is 4.98 Å². The summed E-state index contributed by atoms with van der Waals surface area (Å²) in [7, 11) is 0. The van der Waals surface area contributed by atoms with Gasteiger partial charge < -0.3 is 4.74 Å². The molecule has 0 saturated heterocycles. The van der Waals surface area contributed by atoms with Crippen LogP contribution in [-0.2, 0) is 4.79 Å². The molecule has 24 heavy (non-hydrogen) atoms. The van der Waals surface area contributed by atoms with E-state index in [4.69, 9.17) is 39.5 Å². The summed E-state index contributed by atoms with van der Waals surface area (Å²) in [6.07, 6.45) is 0. The number of hydrazine groups is 1. The molecule has 1 heterocycles. The van der Waals surface area contributed by atoms with Crippen LogP contribution in [0.4, 0.5) is 0 Å². The summed E-state index contributed by atoms with van der Waals surface area (Å²) in [5.74, 6) is -1.12. The molecule has 0 unspecified atom stereocenters. The number of halogens is 4. The summed E-state index contributed by atoms with van der Waals surface area (Å²) in [5, 5.41) is 0.274. The van der Waals surface area contributed by atoms with Crippen molar-refractivity contribution in [2.45, 2.75) is 0 Å². The van der Waals surface area contributed by atoms with E-state index >= 15 is 0 Å². The van der Waals surface area contributed by atoms with Crippen LogP contribution in [0.25, 0.3) is 0 Å². The van der Waals surface area contributed by atoms with Crippen molar-refractivity contribution >= 4 is 62.5 Å². The number of carbonyl (C=O) groups excluding carboxylic acids is 2. The fourth-order valence-electron chi connectivity index (χ4n) is 1.50. The Hall–Kier alpha value is -1.54.